The molecule has 0 bridgehead atoms. The van der Waals surface area contributed by atoms with Gasteiger partial charge in [0, 0.05) is 5.56 Å². The van der Waals surface area contributed by atoms with Gasteiger partial charge in [-0.25, -0.2) is 8.78 Å². The summed E-state index contributed by atoms with van der Waals surface area (Å²) in [4.78, 5) is 11.9. The van der Waals surface area contributed by atoms with Crippen LogP contribution in [-0.2, 0) is 12.4 Å². The number of rotatable bonds is 2. The highest BCUT2D eigenvalue weighted by Gasteiger charge is 2.37. The molecule has 0 aromatic heterocycles. The molecule has 0 aliphatic rings. The van der Waals surface area contributed by atoms with E-state index in [1.807, 2.05) is 0 Å². The summed E-state index contributed by atoms with van der Waals surface area (Å²) in [6, 6.07) is 2.62. The molecule has 0 atom stereocenters. The Balaban J connectivity index is 2.49. The molecule has 1 N–H and O–H groups in total. The molecule has 0 saturated heterocycles. The lowest BCUT2D eigenvalue weighted by molar-refractivity contribution is -0.143. The Hall–Kier alpha value is -2.65. The van der Waals surface area contributed by atoms with Crippen LogP contribution in [0.1, 0.15) is 21.5 Å². The number of para-hydroxylation sites is 1. The number of anilines is 1. The van der Waals surface area contributed by atoms with Gasteiger partial charge in [0.15, 0.2) is 0 Å². The van der Waals surface area contributed by atoms with Crippen molar-refractivity contribution in [1.82, 2.24) is 0 Å². The van der Waals surface area contributed by atoms with Crippen LogP contribution in [0.15, 0.2) is 36.4 Å². The van der Waals surface area contributed by atoms with Crippen LogP contribution >= 0.6 is 0 Å². The Kier molecular flexibility index (Phi) is 4.74. The molecule has 2 rings (SSSR count). The van der Waals surface area contributed by atoms with Crippen LogP contribution < -0.4 is 5.32 Å². The summed E-state index contributed by atoms with van der Waals surface area (Å²) < 4.78 is 103. The fourth-order valence-corrected chi connectivity index (χ4v) is 1.89. The normalized spacial score (nSPS) is 12.2. The van der Waals surface area contributed by atoms with Crippen molar-refractivity contribution in [2.45, 2.75) is 12.4 Å². The topological polar surface area (TPSA) is 29.1 Å². The fraction of sp³-hybridized carbons (Fsp3) is 0.133. The van der Waals surface area contributed by atoms with Crippen molar-refractivity contribution >= 4 is 11.6 Å². The number of carbonyl (C=O) groups excluding carboxylic acids is 1. The molecule has 0 saturated carbocycles. The van der Waals surface area contributed by atoms with E-state index in [4.69, 9.17) is 0 Å². The maximum Gasteiger partial charge on any atom is 0.416 e. The zero-order chi connectivity index (χ0) is 19.0. The van der Waals surface area contributed by atoms with Gasteiger partial charge in [-0.1, -0.05) is 6.07 Å². The fourth-order valence-electron chi connectivity index (χ4n) is 1.89. The predicted molar refractivity (Wildman–Crippen MR) is 70.8 cm³/mol. The van der Waals surface area contributed by atoms with Crippen molar-refractivity contribution in [1.29, 1.82) is 0 Å². The second-order valence-corrected chi connectivity index (χ2v) is 4.85. The Morgan fingerprint density at radius 1 is 0.800 bits per heavy atom. The SMILES string of the molecule is O=C(Nc1c(F)cccc1F)c1cc(C(F)(F)F)cc(C(F)(F)F)c1. The second kappa shape index (κ2) is 6.34. The number of carbonyl (C=O) groups is 1. The summed E-state index contributed by atoms with van der Waals surface area (Å²) in [6.07, 6.45) is -10.3. The number of halogens is 8. The van der Waals surface area contributed by atoms with E-state index in [0.717, 1.165) is 18.2 Å². The summed E-state index contributed by atoms with van der Waals surface area (Å²) in [5, 5.41) is 1.63. The quantitative estimate of drug-likeness (QED) is 0.720. The largest absolute Gasteiger partial charge is 0.416 e. The van der Waals surface area contributed by atoms with E-state index in [0.29, 0.717) is 0 Å². The summed E-state index contributed by atoms with van der Waals surface area (Å²) in [6.45, 7) is 0. The van der Waals surface area contributed by atoms with Gasteiger partial charge >= 0.3 is 12.4 Å². The highest BCUT2D eigenvalue weighted by molar-refractivity contribution is 6.04. The number of alkyl halides is 6. The maximum atomic E-state index is 13.4. The maximum absolute atomic E-state index is 13.4. The first-order valence-electron chi connectivity index (χ1n) is 6.44. The van der Waals surface area contributed by atoms with Crippen LogP contribution in [-0.4, -0.2) is 5.91 Å². The molecular weight excluding hydrogens is 362 g/mol. The van der Waals surface area contributed by atoms with Gasteiger partial charge < -0.3 is 5.32 Å². The second-order valence-electron chi connectivity index (χ2n) is 4.85. The minimum Gasteiger partial charge on any atom is -0.317 e. The average Bonchev–Trinajstić information content (AvgIpc) is 2.48. The molecule has 0 aliphatic carbocycles. The van der Waals surface area contributed by atoms with Crippen molar-refractivity contribution in [3.8, 4) is 0 Å². The summed E-state index contributed by atoms with van der Waals surface area (Å²) in [5.41, 5.74) is -5.48. The minimum atomic E-state index is -5.15. The van der Waals surface area contributed by atoms with Crippen molar-refractivity contribution < 1.29 is 39.9 Å². The number of amides is 1. The van der Waals surface area contributed by atoms with Crippen molar-refractivity contribution in [2.24, 2.45) is 0 Å². The summed E-state index contributed by atoms with van der Waals surface area (Å²) in [5.74, 6) is -4.01. The van der Waals surface area contributed by atoms with Crippen LogP contribution in [0.3, 0.4) is 0 Å². The molecule has 0 radical (unpaired) electrons. The van der Waals surface area contributed by atoms with Crippen LogP contribution in [0.2, 0.25) is 0 Å². The Labute approximate surface area is 135 Å². The van der Waals surface area contributed by atoms with Crippen LogP contribution in [0.5, 0.6) is 0 Å². The number of benzene rings is 2. The van der Waals surface area contributed by atoms with E-state index in [2.05, 4.69) is 0 Å². The van der Waals surface area contributed by atoms with E-state index >= 15 is 0 Å². The molecule has 10 heteroatoms. The number of hydrogen-bond donors (Lipinski definition) is 1. The summed E-state index contributed by atoms with van der Waals surface area (Å²) >= 11 is 0. The third-order valence-electron chi connectivity index (χ3n) is 3.05. The third-order valence-corrected chi connectivity index (χ3v) is 3.05. The Morgan fingerprint density at radius 2 is 1.24 bits per heavy atom. The molecule has 0 fully saturated rings. The third kappa shape index (κ3) is 4.25. The molecular formula is C15H7F8NO. The highest BCUT2D eigenvalue weighted by Crippen LogP contribution is 2.36. The van der Waals surface area contributed by atoms with Gasteiger partial charge in [0.25, 0.3) is 5.91 Å². The monoisotopic (exact) mass is 369 g/mol. The standard InChI is InChI=1S/C15H7F8NO/c16-10-2-1-3-11(17)12(10)24-13(25)7-4-8(14(18,19)20)6-9(5-7)15(21,22)23/h1-6H,(H,24,25). The molecule has 0 heterocycles. The molecule has 2 nitrogen and oxygen atoms in total. The molecule has 0 unspecified atom stereocenters. The van der Waals surface area contributed by atoms with Crippen LogP contribution in [0.25, 0.3) is 0 Å². The Bertz CT molecular complexity index is 758. The molecule has 2 aromatic rings. The van der Waals surface area contributed by atoms with Gasteiger partial charge in [-0.05, 0) is 30.3 Å². The summed E-state index contributed by atoms with van der Waals surface area (Å²) in [7, 11) is 0. The minimum absolute atomic E-state index is 0.156. The zero-order valence-corrected chi connectivity index (χ0v) is 11.9. The van der Waals surface area contributed by atoms with E-state index in [1.165, 1.54) is 0 Å². The van der Waals surface area contributed by atoms with E-state index < -0.39 is 52.3 Å². The van der Waals surface area contributed by atoms with Crippen molar-refractivity contribution in [3.63, 3.8) is 0 Å². The number of hydrogen-bond acceptors (Lipinski definition) is 1. The molecule has 0 aliphatic heterocycles. The predicted octanol–water partition coefficient (Wildman–Crippen LogP) is 5.25. The van der Waals surface area contributed by atoms with E-state index in [1.54, 1.807) is 5.32 Å². The van der Waals surface area contributed by atoms with Gasteiger partial charge in [0.2, 0.25) is 0 Å². The Morgan fingerprint density at radius 3 is 1.64 bits per heavy atom. The lowest BCUT2D eigenvalue weighted by atomic mass is 10.0. The van der Waals surface area contributed by atoms with Crippen LogP contribution in [0, 0.1) is 11.6 Å². The van der Waals surface area contributed by atoms with Gasteiger partial charge in [0.1, 0.15) is 17.3 Å². The molecule has 0 spiro atoms. The molecule has 134 valence electrons. The van der Waals surface area contributed by atoms with E-state index in [9.17, 15) is 39.9 Å². The molecule has 2 aromatic carbocycles. The molecule has 25 heavy (non-hydrogen) atoms. The van der Waals surface area contributed by atoms with Crippen molar-refractivity contribution in [2.75, 3.05) is 5.32 Å². The van der Waals surface area contributed by atoms with Gasteiger partial charge in [-0.15, -0.1) is 0 Å². The number of nitrogens with one attached hydrogen (secondary N) is 1. The first-order valence-corrected chi connectivity index (χ1v) is 6.44. The first kappa shape index (κ1) is 18.7. The highest BCUT2D eigenvalue weighted by atomic mass is 19.4. The zero-order valence-electron chi connectivity index (χ0n) is 11.9. The van der Waals surface area contributed by atoms with Crippen molar-refractivity contribution in [3.05, 3.63) is 64.7 Å². The van der Waals surface area contributed by atoms with Gasteiger partial charge in [0.05, 0.1) is 11.1 Å². The lowest BCUT2D eigenvalue weighted by Crippen LogP contribution is -2.18. The molecule has 1 amide bonds. The average molecular weight is 369 g/mol. The lowest BCUT2D eigenvalue weighted by Gasteiger charge is -2.14. The van der Waals surface area contributed by atoms with Gasteiger partial charge in [-0.2, -0.15) is 26.3 Å². The first-order chi connectivity index (χ1) is 11.4. The van der Waals surface area contributed by atoms with E-state index in [-0.39, 0.29) is 18.2 Å². The van der Waals surface area contributed by atoms with Crippen LogP contribution in [0.4, 0.5) is 40.8 Å². The smallest absolute Gasteiger partial charge is 0.317 e. The van der Waals surface area contributed by atoms with Gasteiger partial charge in [-0.3, -0.25) is 4.79 Å².